The number of nitrogens with zero attached hydrogens (tertiary/aromatic N) is 1. The first-order valence-electron chi connectivity index (χ1n) is 10.4. The van der Waals surface area contributed by atoms with Crippen LogP contribution in [-0.2, 0) is 0 Å². The summed E-state index contributed by atoms with van der Waals surface area (Å²) in [5.74, 6) is 0. The van der Waals surface area contributed by atoms with Gasteiger partial charge in [-0.3, -0.25) is 5.43 Å². The Kier molecular flexibility index (Phi) is 7.56. The fraction of sp³-hybridized carbons (Fsp3) is 0.591. The van der Waals surface area contributed by atoms with Crippen LogP contribution < -0.4 is 16.5 Å². The van der Waals surface area contributed by atoms with Gasteiger partial charge in [0.25, 0.3) is 0 Å². The Hall–Kier alpha value is -1.81. The summed E-state index contributed by atoms with van der Waals surface area (Å²) in [7, 11) is 0. The summed E-state index contributed by atoms with van der Waals surface area (Å²) in [5, 5.41) is 8.42. The normalized spacial score (nSPS) is 29.7. The second kappa shape index (κ2) is 10.4. The van der Waals surface area contributed by atoms with Gasteiger partial charge in [0.2, 0.25) is 0 Å². The van der Waals surface area contributed by atoms with Crippen molar-refractivity contribution in [1.82, 2.24) is 5.43 Å². The minimum atomic E-state index is 0.148. The molecule has 0 fully saturated rings. The summed E-state index contributed by atoms with van der Waals surface area (Å²) in [4.78, 5) is 0. The zero-order chi connectivity index (χ0) is 18.0. The lowest BCUT2D eigenvalue weighted by molar-refractivity contribution is 0.503. The highest BCUT2D eigenvalue weighted by Gasteiger charge is 2.17. The molecule has 4 heteroatoms. The Morgan fingerprint density at radius 3 is 2.65 bits per heavy atom. The van der Waals surface area contributed by atoms with Crippen molar-refractivity contribution in [3.05, 3.63) is 42.0 Å². The molecule has 0 bridgehead atoms. The number of hydrogen-bond donors (Lipinski definition) is 3. The molecule has 4 nitrogen and oxygen atoms in total. The van der Waals surface area contributed by atoms with Crippen LogP contribution in [0.5, 0.6) is 0 Å². The van der Waals surface area contributed by atoms with E-state index in [9.17, 15) is 0 Å². The molecule has 3 rings (SSSR count). The molecule has 0 amide bonds. The second-order valence-electron chi connectivity index (χ2n) is 7.68. The van der Waals surface area contributed by atoms with E-state index in [1.807, 2.05) is 6.07 Å². The van der Waals surface area contributed by atoms with Gasteiger partial charge in [-0.1, -0.05) is 43.5 Å². The average molecular weight is 355 g/mol. The van der Waals surface area contributed by atoms with E-state index in [-0.39, 0.29) is 12.2 Å². The monoisotopic (exact) mass is 354 g/mol. The van der Waals surface area contributed by atoms with Gasteiger partial charge in [-0.15, -0.1) is 0 Å². The number of hydrazone groups is 1. The number of hydrogen-bond acceptors (Lipinski definition) is 4. The van der Waals surface area contributed by atoms with Crippen LogP contribution in [0.1, 0.15) is 70.6 Å². The van der Waals surface area contributed by atoms with Crippen LogP contribution >= 0.6 is 0 Å². The third-order valence-corrected chi connectivity index (χ3v) is 5.40. The van der Waals surface area contributed by atoms with Gasteiger partial charge in [0, 0.05) is 18.2 Å². The predicted octanol–water partition coefficient (Wildman–Crippen LogP) is 4.94. The predicted molar refractivity (Wildman–Crippen MR) is 111 cm³/mol. The first-order chi connectivity index (χ1) is 12.8. The maximum atomic E-state index is 6.41. The molecule has 1 heterocycles. The Morgan fingerprint density at radius 2 is 1.77 bits per heavy atom. The topological polar surface area (TPSA) is 62.4 Å². The SMILES string of the molecule is NC1CCCC(Nc2ccccc2)N/N=C(/C2=C/CCCCCCC2)C1. The van der Waals surface area contributed by atoms with Crippen molar-refractivity contribution in [2.45, 2.75) is 82.8 Å². The first kappa shape index (κ1) is 19.0. The van der Waals surface area contributed by atoms with Gasteiger partial charge in [-0.25, -0.2) is 0 Å². The van der Waals surface area contributed by atoms with E-state index in [1.165, 1.54) is 49.8 Å². The van der Waals surface area contributed by atoms with Gasteiger partial charge in [0.15, 0.2) is 0 Å². The molecule has 1 aromatic carbocycles. The van der Waals surface area contributed by atoms with E-state index in [4.69, 9.17) is 10.8 Å². The summed E-state index contributed by atoms with van der Waals surface area (Å²) in [6.45, 7) is 0. The van der Waals surface area contributed by atoms with E-state index < -0.39 is 0 Å². The molecular formula is C22H34N4. The van der Waals surface area contributed by atoms with Crippen molar-refractivity contribution in [2.24, 2.45) is 10.8 Å². The van der Waals surface area contributed by atoms with E-state index in [0.29, 0.717) is 0 Å². The quantitative estimate of drug-likeness (QED) is 0.720. The van der Waals surface area contributed by atoms with Crippen LogP contribution in [0.3, 0.4) is 0 Å². The third-order valence-electron chi connectivity index (χ3n) is 5.40. The van der Waals surface area contributed by atoms with Crippen LogP contribution in [0, 0.1) is 0 Å². The van der Waals surface area contributed by atoms with E-state index in [0.717, 1.165) is 37.8 Å². The lowest BCUT2D eigenvalue weighted by Gasteiger charge is -2.20. The molecule has 2 atom stereocenters. The molecule has 26 heavy (non-hydrogen) atoms. The van der Waals surface area contributed by atoms with Crippen LogP contribution in [-0.4, -0.2) is 17.9 Å². The number of para-hydroxylation sites is 1. The largest absolute Gasteiger partial charge is 0.364 e. The number of benzene rings is 1. The molecule has 1 aromatic rings. The molecule has 4 N–H and O–H groups in total. The Labute approximate surface area is 158 Å². The summed E-state index contributed by atoms with van der Waals surface area (Å²) in [5.41, 5.74) is 13.6. The highest BCUT2D eigenvalue weighted by molar-refractivity contribution is 6.00. The highest BCUT2D eigenvalue weighted by atomic mass is 15.4. The highest BCUT2D eigenvalue weighted by Crippen LogP contribution is 2.21. The van der Waals surface area contributed by atoms with Crippen molar-refractivity contribution >= 4 is 11.4 Å². The van der Waals surface area contributed by atoms with Crippen molar-refractivity contribution in [3.8, 4) is 0 Å². The maximum absolute atomic E-state index is 6.41. The molecular weight excluding hydrogens is 320 g/mol. The van der Waals surface area contributed by atoms with Gasteiger partial charge >= 0.3 is 0 Å². The zero-order valence-electron chi connectivity index (χ0n) is 15.9. The Balaban J connectivity index is 1.72. The van der Waals surface area contributed by atoms with Crippen molar-refractivity contribution in [1.29, 1.82) is 0 Å². The molecule has 2 unspecified atom stereocenters. The van der Waals surface area contributed by atoms with Crippen molar-refractivity contribution in [3.63, 3.8) is 0 Å². The molecule has 0 aromatic heterocycles. The van der Waals surface area contributed by atoms with Gasteiger partial charge in [0.05, 0.1) is 5.71 Å². The van der Waals surface area contributed by atoms with Gasteiger partial charge in [-0.2, -0.15) is 5.10 Å². The maximum Gasteiger partial charge on any atom is 0.113 e. The number of nitrogens with one attached hydrogen (secondary N) is 2. The lowest BCUT2D eigenvalue weighted by Crippen LogP contribution is -2.33. The minimum Gasteiger partial charge on any atom is -0.364 e. The number of anilines is 1. The van der Waals surface area contributed by atoms with Crippen LogP contribution in [0.15, 0.2) is 47.1 Å². The molecule has 1 aliphatic carbocycles. The molecule has 0 spiro atoms. The number of allylic oxidation sites excluding steroid dienone is 2. The average Bonchev–Trinajstić information content (AvgIpc) is 2.84. The molecule has 1 aliphatic heterocycles. The van der Waals surface area contributed by atoms with E-state index in [1.54, 1.807) is 0 Å². The fourth-order valence-corrected chi connectivity index (χ4v) is 3.87. The fourth-order valence-electron chi connectivity index (χ4n) is 3.87. The Bertz CT molecular complexity index is 593. The van der Waals surface area contributed by atoms with Crippen molar-refractivity contribution < 1.29 is 0 Å². The number of nitrogens with two attached hydrogens (primary N) is 1. The summed E-state index contributed by atoms with van der Waals surface area (Å²) in [6.07, 6.45) is 15.6. The molecule has 2 aliphatic rings. The smallest absolute Gasteiger partial charge is 0.113 e. The number of rotatable bonds is 3. The van der Waals surface area contributed by atoms with Gasteiger partial charge < -0.3 is 11.1 Å². The molecule has 0 radical (unpaired) electrons. The lowest BCUT2D eigenvalue weighted by atomic mass is 9.96. The first-order valence-corrected chi connectivity index (χ1v) is 10.4. The summed E-state index contributed by atoms with van der Waals surface area (Å²) in [6, 6.07) is 10.6. The van der Waals surface area contributed by atoms with Gasteiger partial charge in [0.1, 0.15) is 6.17 Å². The van der Waals surface area contributed by atoms with Crippen LogP contribution in [0.4, 0.5) is 5.69 Å². The van der Waals surface area contributed by atoms with E-state index in [2.05, 4.69) is 41.1 Å². The molecule has 142 valence electrons. The van der Waals surface area contributed by atoms with E-state index >= 15 is 0 Å². The van der Waals surface area contributed by atoms with Crippen molar-refractivity contribution in [2.75, 3.05) is 5.32 Å². The second-order valence-corrected chi connectivity index (χ2v) is 7.68. The van der Waals surface area contributed by atoms with Gasteiger partial charge in [-0.05, 0) is 62.7 Å². The summed E-state index contributed by atoms with van der Waals surface area (Å²) < 4.78 is 0. The Morgan fingerprint density at radius 1 is 0.962 bits per heavy atom. The van der Waals surface area contributed by atoms with Crippen LogP contribution in [0.2, 0.25) is 0 Å². The third kappa shape index (κ3) is 6.17. The van der Waals surface area contributed by atoms with Crippen LogP contribution in [0.25, 0.3) is 0 Å². The molecule has 0 saturated carbocycles. The molecule has 0 saturated heterocycles. The zero-order valence-corrected chi connectivity index (χ0v) is 15.9. The minimum absolute atomic E-state index is 0.148. The standard InChI is InChI=1S/C22H34N4/c23-19-13-10-16-22(24-20-14-8-5-9-15-20)26-25-21(17-19)18-11-6-3-1-2-4-7-12-18/h5,8-9,11,14-15,19,22,24,26H,1-4,6-7,10,12-13,16-17,23H2/b18-11+,25-21+. The summed E-state index contributed by atoms with van der Waals surface area (Å²) >= 11 is 0.